The van der Waals surface area contributed by atoms with Gasteiger partial charge in [-0.15, -0.1) is 0 Å². The van der Waals surface area contributed by atoms with E-state index in [9.17, 15) is 101 Å². The van der Waals surface area contributed by atoms with Crippen LogP contribution in [0.2, 0.25) is 0 Å². The Bertz CT molecular complexity index is 3010. The maximum atomic E-state index is 14.2. The van der Waals surface area contributed by atoms with Crippen molar-refractivity contribution in [2.75, 3.05) is 25.4 Å². The third-order valence-electron chi connectivity index (χ3n) is 14.8. The number of carbonyl (C=O) groups is 20. The number of hydrogen-bond acceptors (Lipinski definition) is 21. The van der Waals surface area contributed by atoms with Crippen molar-refractivity contribution in [3.63, 3.8) is 0 Å². The maximum absolute atomic E-state index is 14.2. The van der Waals surface area contributed by atoms with Crippen molar-refractivity contribution in [1.29, 1.82) is 0 Å². The monoisotopic (exact) mass is 1350 g/mol. The van der Waals surface area contributed by atoms with Crippen molar-refractivity contribution >= 4 is 131 Å². The van der Waals surface area contributed by atoms with Gasteiger partial charge in [0.2, 0.25) is 112 Å². The lowest BCUT2D eigenvalue weighted by Gasteiger charge is -2.30. The third-order valence-corrected chi connectivity index (χ3v) is 15.2. The van der Waals surface area contributed by atoms with E-state index in [-0.39, 0.29) is 57.5 Å². The molecule has 0 radical (unpaired) electrons. The highest BCUT2D eigenvalue weighted by molar-refractivity contribution is 7.80. The van der Waals surface area contributed by atoms with Gasteiger partial charge in [-0.3, -0.25) is 91.1 Å². The molecule has 13 atom stereocenters. The number of nitrogens with two attached hydrogens (primary N) is 6. The molecular formula is C53H81N19O21S. The zero-order valence-electron chi connectivity index (χ0n) is 51.7. The fourth-order valence-electron chi connectivity index (χ4n) is 10.2. The van der Waals surface area contributed by atoms with Gasteiger partial charge in [0.15, 0.2) is 0 Å². The minimum absolute atomic E-state index is 0.00885. The van der Waals surface area contributed by atoms with E-state index >= 15 is 0 Å². The molecule has 0 aromatic carbocycles. The van der Waals surface area contributed by atoms with E-state index in [4.69, 9.17) is 34.4 Å². The van der Waals surface area contributed by atoms with E-state index in [0.717, 1.165) is 42.4 Å². The van der Waals surface area contributed by atoms with Crippen molar-refractivity contribution in [2.24, 2.45) is 34.4 Å². The average Bonchev–Trinajstić information content (AvgIpc) is 1.65. The minimum atomic E-state index is -1.88. The van der Waals surface area contributed by atoms with E-state index in [1.165, 1.54) is 0 Å². The summed E-state index contributed by atoms with van der Waals surface area (Å²) in [4.78, 5) is 262. The van der Waals surface area contributed by atoms with Crippen molar-refractivity contribution in [2.45, 2.75) is 183 Å². The van der Waals surface area contributed by atoms with Gasteiger partial charge in [0.05, 0.1) is 38.5 Å². The van der Waals surface area contributed by atoms with Gasteiger partial charge in [-0.05, 0) is 59.3 Å². The second kappa shape index (κ2) is 36.1. The number of rotatable bonds is 36. The number of nitrogens with one attached hydrogen (secondary N) is 10. The molecule has 0 aromatic rings. The van der Waals surface area contributed by atoms with Crippen LogP contribution in [0.25, 0.3) is 0 Å². The number of primary amides is 6. The molecule has 0 aromatic heterocycles. The topological polar surface area (TPSA) is 648 Å². The quantitative estimate of drug-likeness (QED) is 0.0259. The average molecular weight is 1350 g/mol. The van der Waals surface area contributed by atoms with Crippen LogP contribution < -0.4 is 87.6 Å². The van der Waals surface area contributed by atoms with Crippen LogP contribution in [0.15, 0.2) is 0 Å². The SMILES string of the molecule is CC(=O)N[C@@H](CS)C(=O)N[C@@H](CC(N)=O)C(=O)N[C@@H](C)C(=O)N[C@@H](CC(N)=O)C(=O)N1CCC[C@H]1C(=O)N[C@@H](CC(N)=O)C(=O)N[C@@H](C)C(=O)N[C@@H](CC(N)=O)C(=O)N1CCC[C@H]1C(=O)N[C@@H](CC(N)=O)C(=O)N[C@@H](C)C(=O)N[C@@H](CC(N)=O)C(=O)N1CCC[C@H]1C(=O)O. The Morgan fingerprint density at radius 2 is 0.606 bits per heavy atom. The molecule has 520 valence electrons. The Morgan fingerprint density at radius 1 is 0.362 bits per heavy atom. The highest BCUT2D eigenvalue weighted by atomic mass is 32.1. The van der Waals surface area contributed by atoms with Crippen molar-refractivity contribution in [3.05, 3.63) is 0 Å². The molecule has 3 fully saturated rings. The van der Waals surface area contributed by atoms with E-state index in [1.54, 1.807) is 0 Å². The van der Waals surface area contributed by atoms with Crippen LogP contribution in [0.5, 0.6) is 0 Å². The lowest BCUT2D eigenvalue weighted by molar-refractivity contribution is -0.149. The minimum Gasteiger partial charge on any atom is -0.480 e. The number of nitrogens with zero attached hydrogens (tertiary/aromatic N) is 3. The van der Waals surface area contributed by atoms with Gasteiger partial charge in [0.1, 0.15) is 78.5 Å². The first kappa shape index (κ1) is 78.0. The maximum Gasteiger partial charge on any atom is 0.326 e. The van der Waals surface area contributed by atoms with E-state index in [1.807, 2.05) is 0 Å². The van der Waals surface area contributed by atoms with Crippen LogP contribution in [0.1, 0.15) is 105 Å². The lowest BCUT2D eigenvalue weighted by atomic mass is 10.1. The fraction of sp³-hybridized carbons (Fsp3) is 0.623. The van der Waals surface area contributed by atoms with Gasteiger partial charge in [0.25, 0.3) is 0 Å². The molecule has 40 nitrogen and oxygen atoms in total. The lowest BCUT2D eigenvalue weighted by Crippen LogP contribution is -2.61. The van der Waals surface area contributed by atoms with Gasteiger partial charge < -0.3 is 107 Å². The van der Waals surface area contributed by atoms with Gasteiger partial charge in [-0.25, -0.2) is 4.79 Å². The predicted molar refractivity (Wildman–Crippen MR) is 321 cm³/mol. The summed E-state index contributed by atoms with van der Waals surface area (Å²) in [5, 5.41) is 32.1. The summed E-state index contributed by atoms with van der Waals surface area (Å²) in [6.45, 7) is 4.05. The molecular weight excluding hydrogens is 1270 g/mol. The molecule has 3 heterocycles. The van der Waals surface area contributed by atoms with E-state index < -0.39 is 235 Å². The number of aliphatic carboxylic acids is 1. The molecule has 0 saturated carbocycles. The van der Waals surface area contributed by atoms with Gasteiger partial charge in [0, 0.05) is 32.3 Å². The van der Waals surface area contributed by atoms with Crippen LogP contribution in [0.4, 0.5) is 0 Å². The Balaban J connectivity index is 1.73. The Kier molecular flexibility index (Phi) is 30.0. The molecule has 19 amide bonds. The Labute approximate surface area is 541 Å². The summed E-state index contributed by atoms with van der Waals surface area (Å²) in [6, 6.07) is -20.9. The summed E-state index contributed by atoms with van der Waals surface area (Å²) < 4.78 is 0. The Hall–Kier alpha value is -10.2. The highest BCUT2D eigenvalue weighted by Gasteiger charge is 2.44. The largest absolute Gasteiger partial charge is 0.480 e. The molecule has 0 spiro atoms. The van der Waals surface area contributed by atoms with Crippen LogP contribution in [0, 0.1) is 0 Å². The van der Waals surface area contributed by atoms with E-state index in [0.29, 0.717) is 6.42 Å². The first-order chi connectivity index (χ1) is 43.9. The second-order valence-electron chi connectivity index (χ2n) is 22.4. The molecule has 3 aliphatic heterocycles. The highest BCUT2D eigenvalue weighted by Crippen LogP contribution is 2.23. The van der Waals surface area contributed by atoms with Gasteiger partial charge in [-0.2, -0.15) is 12.6 Å². The number of carboxylic acids is 1. The van der Waals surface area contributed by atoms with Crippen molar-refractivity contribution < 1.29 is 101 Å². The molecule has 3 rings (SSSR count). The summed E-state index contributed by atoms with van der Waals surface area (Å²) in [6.07, 6.45) is -4.64. The first-order valence-electron chi connectivity index (χ1n) is 29.3. The third kappa shape index (κ3) is 23.8. The number of hydrogen-bond donors (Lipinski definition) is 18. The molecule has 3 saturated heterocycles. The smallest absolute Gasteiger partial charge is 0.326 e. The molecule has 41 heteroatoms. The molecule has 23 N–H and O–H groups in total. The number of amides is 19. The van der Waals surface area contributed by atoms with Crippen LogP contribution in [-0.4, -0.2) is 242 Å². The summed E-state index contributed by atoms with van der Waals surface area (Å²) in [7, 11) is 0. The van der Waals surface area contributed by atoms with Crippen LogP contribution in [-0.2, 0) is 95.9 Å². The zero-order chi connectivity index (χ0) is 71.2. The number of thiol groups is 1. The predicted octanol–water partition coefficient (Wildman–Crippen LogP) is -11.8. The molecule has 94 heavy (non-hydrogen) atoms. The fourth-order valence-corrected chi connectivity index (χ4v) is 10.5. The van der Waals surface area contributed by atoms with Crippen LogP contribution in [0.3, 0.4) is 0 Å². The summed E-state index contributed by atoms with van der Waals surface area (Å²) in [5.74, 6) is -21.9. The summed E-state index contributed by atoms with van der Waals surface area (Å²) >= 11 is 3.99. The normalized spacial score (nSPS) is 18.9. The number of carboxylic acid groups (broad SMARTS) is 1. The summed E-state index contributed by atoms with van der Waals surface area (Å²) in [5.41, 5.74) is 32.2. The second-order valence-corrected chi connectivity index (χ2v) is 22.8. The molecule has 0 aliphatic carbocycles. The van der Waals surface area contributed by atoms with Gasteiger partial charge in [-0.1, -0.05) is 0 Å². The van der Waals surface area contributed by atoms with Crippen molar-refractivity contribution in [1.82, 2.24) is 67.9 Å². The zero-order valence-corrected chi connectivity index (χ0v) is 52.6. The molecule has 0 bridgehead atoms. The van der Waals surface area contributed by atoms with Crippen LogP contribution >= 0.6 is 12.6 Å². The molecule has 0 unspecified atom stereocenters. The molecule has 3 aliphatic rings. The Morgan fingerprint density at radius 3 is 0.872 bits per heavy atom. The standard InChI is InChI=1S/C53H81N19O21S/c1-21(60-44(83)25(14-35(54)74)64-47(86)31(20-94)63-24(4)73)41(80)67-28(17-38(57)77)50(89)70-11-5-8-32(70)48(87)65-26(15-36(55)75)45(84)61-22(2)42(81)68-29(18-39(58)78)51(90)71-12-6-9-33(71)49(88)66-27(16-37(56)76)46(85)62-23(3)43(82)69-30(19-40(59)79)52(91)72-13-7-10-34(72)53(92)93/h21-23,25-34,94H,5-20H2,1-4H3,(H2,54,74)(H2,55,75)(H2,56,76)(H2,57,77)(H2,58,78)(H2,59,79)(H,60,83)(H,61,84)(H,62,85)(H,63,73)(H,64,86)(H,65,87)(H,66,88)(H,67,80)(H,68,81)(H,69,82)(H,92,93)/t21-,22-,23-,25-,26-,27-,28-,29-,30-,31-,32-,33-,34-/m0/s1. The van der Waals surface area contributed by atoms with E-state index in [2.05, 4.69) is 65.8 Å². The van der Waals surface area contributed by atoms with Crippen molar-refractivity contribution in [3.8, 4) is 0 Å². The number of carbonyl (C=O) groups excluding carboxylic acids is 19. The first-order valence-corrected chi connectivity index (χ1v) is 30.0. The van der Waals surface area contributed by atoms with Gasteiger partial charge >= 0.3 is 5.97 Å². The number of likely N-dealkylation sites (tertiary alicyclic amines) is 3.